The van der Waals surface area contributed by atoms with E-state index in [-0.39, 0.29) is 12.4 Å². The normalized spacial score (nSPS) is 20.1. The Hall–Kier alpha value is -0.650. The Kier molecular flexibility index (Phi) is 4.98. The van der Waals surface area contributed by atoms with Crippen LogP contribution in [0, 0.1) is 5.41 Å². The highest BCUT2D eigenvalue weighted by atomic mass is 35.5. The predicted octanol–water partition coefficient (Wildman–Crippen LogP) is 2.31. The zero-order chi connectivity index (χ0) is 13.4. The Morgan fingerprint density at radius 2 is 1.89 bits per heavy atom. The Balaban J connectivity index is 0.00000180. The molecule has 0 aliphatic carbocycles. The van der Waals surface area contributed by atoms with E-state index in [0.29, 0.717) is 17.1 Å². The maximum atomic E-state index is 5.94. The zero-order valence-corrected chi connectivity index (χ0v) is 13.1. The summed E-state index contributed by atoms with van der Waals surface area (Å²) in [6.45, 7) is 11.3. The summed E-state index contributed by atoms with van der Waals surface area (Å²) in [5.41, 5.74) is 5.87. The van der Waals surface area contributed by atoms with Gasteiger partial charge in [0.1, 0.15) is 0 Å². The molecule has 0 amide bonds. The molecule has 1 aromatic heterocycles. The summed E-state index contributed by atoms with van der Waals surface area (Å²) in [6.07, 6.45) is 2.44. The lowest BCUT2D eigenvalue weighted by molar-refractivity contribution is 0.116. The van der Waals surface area contributed by atoms with Crippen molar-refractivity contribution in [1.82, 2.24) is 15.0 Å². The van der Waals surface area contributed by atoms with Gasteiger partial charge in [-0.15, -0.1) is 12.4 Å². The standard InChI is InChI=1S/C13H24N4O.ClH/c1-12(2)5-7-17(8-6-12)9-10-15-11(16-18-10)13(3,4)14;/h5-9,14H2,1-4H3;1H. The summed E-state index contributed by atoms with van der Waals surface area (Å²) in [6, 6.07) is 0. The molecule has 0 aromatic carbocycles. The summed E-state index contributed by atoms with van der Waals surface area (Å²) in [5.74, 6) is 1.25. The Morgan fingerprint density at radius 1 is 1.32 bits per heavy atom. The largest absolute Gasteiger partial charge is 0.338 e. The minimum Gasteiger partial charge on any atom is -0.338 e. The van der Waals surface area contributed by atoms with E-state index in [4.69, 9.17) is 10.3 Å². The number of piperidine rings is 1. The molecule has 1 aromatic rings. The van der Waals surface area contributed by atoms with Gasteiger partial charge in [-0.05, 0) is 45.2 Å². The maximum absolute atomic E-state index is 5.94. The first kappa shape index (κ1) is 16.4. The first-order chi connectivity index (χ1) is 8.26. The third-order valence-electron chi connectivity index (χ3n) is 3.61. The van der Waals surface area contributed by atoms with Gasteiger partial charge in [-0.1, -0.05) is 19.0 Å². The topological polar surface area (TPSA) is 68.2 Å². The lowest BCUT2D eigenvalue weighted by atomic mass is 9.83. The molecule has 1 aliphatic rings. The number of nitrogens with two attached hydrogens (primary N) is 1. The molecule has 1 saturated heterocycles. The fraction of sp³-hybridized carbons (Fsp3) is 0.846. The molecule has 2 rings (SSSR count). The number of nitrogens with zero attached hydrogens (tertiary/aromatic N) is 3. The Morgan fingerprint density at radius 3 is 2.37 bits per heavy atom. The van der Waals surface area contributed by atoms with Crippen LogP contribution in [0.15, 0.2) is 4.52 Å². The van der Waals surface area contributed by atoms with Crippen LogP contribution >= 0.6 is 12.4 Å². The van der Waals surface area contributed by atoms with Gasteiger partial charge < -0.3 is 10.3 Å². The molecule has 0 radical (unpaired) electrons. The summed E-state index contributed by atoms with van der Waals surface area (Å²) in [5, 5.41) is 3.94. The van der Waals surface area contributed by atoms with Gasteiger partial charge in [0.2, 0.25) is 5.89 Å². The number of hydrogen-bond donors (Lipinski definition) is 1. The average molecular weight is 289 g/mol. The van der Waals surface area contributed by atoms with Crippen LogP contribution < -0.4 is 5.73 Å². The van der Waals surface area contributed by atoms with Crippen molar-refractivity contribution in [3.8, 4) is 0 Å². The number of aromatic nitrogens is 2. The van der Waals surface area contributed by atoms with E-state index in [1.165, 1.54) is 12.8 Å². The molecule has 0 spiro atoms. The number of hydrogen-bond acceptors (Lipinski definition) is 5. The molecule has 5 nitrogen and oxygen atoms in total. The van der Waals surface area contributed by atoms with Crippen LogP contribution in [0.5, 0.6) is 0 Å². The van der Waals surface area contributed by atoms with Crippen LogP contribution in [0.4, 0.5) is 0 Å². The van der Waals surface area contributed by atoms with Gasteiger partial charge in [-0.2, -0.15) is 4.98 Å². The SMILES string of the molecule is CC1(C)CCN(Cc2nc(C(C)(C)N)no2)CC1.Cl. The van der Waals surface area contributed by atoms with E-state index in [9.17, 15) is 0 Å². The first-order valence-corrected chi connectivity index (χ1v) is 6.61. The monoisotopic (exact) mass is 288 g/mol. The molecule has 110 valence electrons. The number of likely N-dealkylation sites (tertiary alicyclic amines) is 1. The molecule has 6 heteroatoms. The van der Waals surface area contributed by atoms with Crippen LogP contribution in [-0.4, -0.2) is 28.1 Å². The van der Waals surface area contributed by atoms with Crippen LogP contribution in [0.2, 0.25) is 0 Å². The molecular weight excluding hydrogens is 264 g/mol. The summed E-state index contributed by atoms with van der Waals surface area (Å²) in [4.78, 5) is 6.73. The molecule has 1 aliphatic heterocycles. The van der Waals surface area contributed by atoms with Gasteiger partial charge in [0.05, 0.1) is 12.1 Å². The quantitative estimate of drug-likeness (QED) is 0.924. The van der Waals surface area contributed by atoms with E-state index < -0.39 is 5.54 Å². The van der Waals surface area contributed by atoms with Gasteiger partial charge in [0.25, 0.3) is 0 Å². The van der Waals surface area contributed by atoms with Crippen molar-refractivity contribution in [1.29, 1.82) is 0 Å². The predicted molar refractivity (Wildman–Crippen MR) is 77.1 cm³/mol. The van der Waals surface area contributed by atoms with Crippen molar-refractivity contribution < 1.29 is 4.52 Å². The van der Waals surface area contributed by atoms with Gasteiger partial charge >= 0.3 is 0 Å². The van der Waals surface area contributed by atoms with E-state index in [1.54, 1.807) is 0 Å². The third kappa shape index (κ3) is 4.44. The van der Waals surface area contributed by atoms with Crippen molar-refractivity contribution in [2.75, 3.05) is 13.1 Å². The summed E-state index contributed by atoms with van der Waals surface area (Å²) in [7, 11) is 0. The molecular formula is C13H25ClN4O. The fourth-order valence-corrected chi connectivity index (χ4v) is 2.09. The second-order valence-electron chi connectivity index (χ2n) is 6.67. The van der Waals surface area contributed by atoms with Crippen molar-refractivity contribution >= 4 is 12.4 Å². The smallest absolute Gasteiger partial charge is 0.240 e. The molecule has 1 fully saturated rings. The van der Waals surface area contributed by atoms with E-state index in [1.807, 2.05) is 13.8 Å². The van der Waals surface area contributed by atoms with Crippen molar-refractivity contribution in [2.24, 2.45) is 11.1 Å². The molecule has 2 N–H and O–H groups in total. The van der Waals surface area contributed by atoms with Gasteiger partial charge in [0, 0.05) is 0 Å². The van der Waals surface area contributed by atoms with Crippen molar-refractivity contribution in [3.63, 3.8) is 0 Å². The second-order valence-corrected chi connectivity index (χ2v) is 6.67. The van der Waals surface area contributed by atoms with Crippen LogP contribution in [-0.2, 0) is 12.1 Å². The minimum absolute atomic E-state index is 0. The maximum Gasteiger partial charge on any atom is 0.240 e. The lowest BCUT2D eigenvalue weighted by Crippen LogP contribution is -2.37. The fourth-order valence-electron chi connectivity index (χ4n) is 2.09. The second kappa shape index (κ2) is 5.77. The van der Waals surface area contributed by atoms with Gasteiger partial charge in [-0.25, -0.2) is 0 Å². The van der Waals surface area contributed by atoms with Crippen LogP contribution in [0.25, 0.3) is 0 Å². The molecule has 0 saturated carbocycles. The average Bonchev–Trinajstić information content (AvgIpc) is 2.69. The highest BCUT2D eigenvalue weighted by molar-refractivity contribution is 5.85. The summed E-state index contributed by atoms with van der Waals surface area (Å²) >= 11 is 0. The highest BCUT2D eigenvalue weighted by Gasteiger charge is 2.27. The molecule has 19 heavy (non-hydrogen) atoms. The Labute approximate surface area is 121 Å². The molecule has 0 unspecified atom stereocenters. The molecule has 2 heterocycles. The van der Waals surface area contributed by atoms with Crippen molar-refractivity contribution in [2.45, 2.75) is 52.6 Å². The third-order valence-corrected chi connectivity index (χ3v) is 3.61. The molecule has 0 atom stereocenters. The highest BCUT2D eigenvalue weighted by Crippen LogP contribution is 2.30. The zero-order valence-electron chi connectivity index (χ0n) is 12.3. The number of rotatable bonds is 3. The first-order valence-electron chi connectivity index (χ1n) is 6.61. The van der Waals surface area contributed by atoms with E-state index in [2.05, 4.69) is 28.9 Å². The van der Waals surface area contributed by atoms with E-state index in [0.717, 1.165) is 19.6 Å². The minimum atomic E-state index is -0.536. The Bertz CT molecular complexity index is 401. The molecule has 0 bridgehead atoms. The van der Waals surface area contributed by atoms with Crippen molar-refractivity contribution in [3.05, 3.63) is 11.7 Å². The van der Waals surface area contributed by atoms with Crippen LogP contribution in [0.3, 0.4) is 0 Å². The van der Waals surface area contributed by atoms with Gasteiger partial charge in [0.15, 0.2) is 5.82 Å². The summed E-state index contributed by atoms with van der Waals surface area (Å²) < 4.78 is 5.26. The van der Waals surface area contributed by atoms with Gasteiger partial charge in [-0.3, -0.25) is 4.90 Å². The van der Waals surface area contributed by atoms with E-state index >= 15 is 0 Å². The lowest BCUT2D eigenvalue weighted by Gasteiger charge is -2.36. The number of halogens is 1. The van der Waals surface area contributed by atoms with Crippen LogP contribution in [0.1, 0.15) is 52.3 Å².